The summed E-state index contributed by atoms with van der Waals surface area (Å²) >= 11 is 1.72. The first-order valence-corrected chi connectivity index (χ1v) is 17.3. The number of hydrogen-bond donors (Lipinski definition) is 0. The highest BCUT2D eigenvalue weighted by molar-refractivity contribution is 7.17. The molecule has 232 valence electrons. The normalized spacial score (nSPS) is 13.3. The van der Waals surface area contributed by atoms with Crippen molar-refractivity contribution in [1.82, 2.24) is 19.9 Å². The summed E-state index contributed by atoms with van der Waals surface area (Å²) in [5.41, 5.74) is 14.7. The lowest BCUT2D eigenvalue weighted by Gasteiger charge is -2.22. The SMILES string of the molecule is CC1(C)c2cc(-c3ccc(-c4nc(-c5ccccc5)nc(-c5ccccc5)n4)c4c3oc3ccccc34)ccc2-c2c1ccc1ncsc21. The summed E-state index contributed by atoms with van der Waals surface area (Å²) in [6.07, 6.45) is 0. The lowest BCUT2D eigenvalue weighted by Crippen LogP contribution is -2.14. The number of para-hydroxylation sites is 1. The Labute approximate surface area is 286 Å². The van der Waals surface area contributed by atoms with Gasteiger partial charge in [0.05, 0.1) is 15.7 Å². The van der Waals surface area contributed by atoms with E-state index in [2.05, 4.69) is 73.4 Å². The number of hydrogen-bond acceptors (Lipinski definition) is 6. The van der Waals surface area contributed by atoms with Gasteiger partial charge in [-0.2, -0.15) is 0 Å². The Balaban J connectivity index is 1.20. The first-order valence-electron chi connectivity index (χ1n) is 16.4. The molecule has 0 aliphatic heterocycles. The number of nitrogens with zero attached hydrogens (tertiary/aromatic N) is 4. The monoisotopic (exact) mass is 648 g/mol. The molecule has 0 fully saturated rings. The summed E-state index contributed by atoms with van der Waals surface area (Å²) < 4.78 is 7.99. The number of aromatic nitrogens is 4. The van der Waals surface area contributed by atoms with E-state index in [1.165, 1.54) is 27.0 Å². The van der Waals surface area contributed by atoms with E-state index in [0.29, 0.717) is 17.5 Å². The van der Waals surface area contributed by atoms with Gasteiger partial charge in [0.1, 0.15) is 11.2 Å². The molecule has 0 radical (unpaired) electrons. The van der Waals surface area contributed by atoms with Crippen molar-refractivity contribution >= 4 is 43.5 Å². The minimum Gasteiger partial charge on any atom is -0.455 e. The van der Waals surface area contributed by atoms with Crippen molar-refractivity contribution < 1.29 is 4.42 Å². The van der Waals surface area contributed by atoms with Gasteiger partial charge in [-0.25, -0.2) is 19.9 Å². The second-order valence-corrected chi connectivity index (χ2v) is 13.9. The fraction of sp³-hybridized carbons (Fsp3) is 0.0698. The molecule has 0 atom stereocenters. The van der Waals surface area contributed by atoms with Crippen molar-refractivity contribution in [3.63, 3.8) is 0 Å². The summed E-state index contributed by atoms with van der Waals surface area (Å²) in [4.78, 5) is 19.7. The van der Waals surface area contributed by atoms with Gasteiger partial charge in [-0.1, -0.05) is 111 Å². The van der Waals surface area contributed by atoms with Crippen LogP contribution in [-0.4, -0.2) is 19.9 Å². The maximum Gasteiger partial charge on any atom is 0.164 e. The Morgan fingerprint density at radius 3 is 1.98 bits per heavy atom. The minimum atomic E-state index is -0.154. The van der Waals surface area contributed by atoms with Crippen molar-refractivity contribution in [3.8, 4) is 56.4 Å². The second-order valence-electron chi connectivity index (χ2n) is 13.1. The molecule has 0 saturated heterocycles. The molecule has 9 aromatic rings. The largest absolute Gasteiger partial charge is 0.455 e. The van der Waals surface area contributed by atoms with Crippen LogP contribution in [-0.2, 0) is 5.41 Å². The molecule has 0 bridgehead atoms. The number of furan rings is 1. The van der Waals surface area contributed by atoms with Crippen molar-refractivity contribution in [2.24, 2.45) is 0 Å². The van der Waals surface area contributed by atoms with Crippen molar-refractivity contribution in [1.29, 1.82) is 0 Å². The van der Waals surface area contributed by atoms with Gasteiger partial charge in [-0.05, 0) is 52.6 Å². The van der Waals surface area contributed by atoms with Gasteiger partial charge in [0, 0.05) is 44.0 Å². The van der Waals surface area contributed by atoms with Crippen LogP contribution in [0.25, 0.3) is 88.6 Å². The van der Waals surface area contributed by atoms with Crippen LogP contribution in [0.2, 0.25) is 0 Å². The van der Waals surface area contributed by atoms with Crippen LogP contribution < -0.4 is 0 Å². The molecule has 3 heterocycles. The summed E-state index contributed by atoms with van der Waals surface area (Å²) in [7, 11) is 0. The Morgan fingerprint density at radius 2 is 1.22 bits per heavy atom. The standard InChI is InChI=1S/C43H28N4OS/c1-43(2)32-21-22-34-39(49-24-44-34)37(32)29-18-17-27(23-33(29)43)28-19-20-31(36-30-15-9-10-16-35(30)48-38(28)36)42-46-40(25-11-5-3-6-12-25)45-41(47-42)26-13-7-4-8-14-26/h3-24H,1-2H3. The number of benzene rings is 6. The van der Waals surface area contributed by atoms with E-state index in [9.17, 15) is 0 Å². The Hall–Kier alpha value is -5.98. The topological polar surface area (TPSA) is 64.7 Å². The summed E-state index contributed by atoms with van der Waals surface area (Å²) in [5, 5.41) is 2.02. The Bertz CT molecular complexity index is 2690. The molecular formula is C43H28N4OS. The lowest BCUT2D eigenvalue weighted by atomic mass is 9.81. The maximum absolute atomic E-state index is 6.73. The molecule has 6 heteroatoms. The molecule has 0 spiro atoms. The molecule has 0 saturated carbocycles. The zero-order valence-corrected chi connectivity index (χ0v) is 27.6. The van der Waals surface area contributed by atoms with E-state index in [4.69, 9.17) is 19.4 Å². The lowest BCUT2D eigenvalue weighted by molar-refractivity contribution is 0.660. The van der Waals surface area contributed by atoms with Crippen molar-refractivity contribution in [2.45, 2.75) is 19.3 Å². The van der Waals surface area contributed by atoms with Crippen LogP contribution in [0.1, 0.15) is 25.0 Å². The van der Waals surface area contributed by atoms with Crippen LogP contribution in [0.5, 0.6) is 0 Å². The third-order valence-corrected chi connectivity index (χ3v) is 10.8. The van der Waals surface area contributed by atoms with Gasteiger partial charge in [0.15, 0.2) is 17.5 Å². The average molecular weight is 649 g/mol. The van der Waals surface area contributed by atoms with Gasteiger partial charge < -0.3 is 4.42 Å². The van der Waals surface area contributed by atoms with Gasteiger partial charge in [0.2, 0.25) is 0 Å². The molecule has 1 aliphatic carbocycles. The molecule has 0 unspecified atom stereocenters. The fourth-order valence-electron chi connectivity index (χ4n) is 7.48. The van der Waals surface area contributed by atoms with Gasteiger partial charge in [0.25, 0.3) is 0 Å². The van der Waals surface area contributed by atoms with Crippen LogP contribution in [0.3, 0.4) is 0 Å². The van der Waals surface area contributed by atoms with Crippen LogP contribution in [0.4, 0.5) is 0 Å². The van der Waals surface area contributed by atoms with Gasteiger partial charge in [-0.15, -0.1) is 11.3 Å². The minimum absolute atomic E-state index is 0.154. The first-order chi connectivity index (χ1) is 24.0. The van der Waals surface area contributed by atoms with Crippen molar-refractivity contribution in [3.05, 3.63) is 144 Å². The van der Waals surface area contributed by atoms with Crippen LogP contribution >= 0.6 is 11.3 Å². The molecule has 1 aliphatic rings. The predicted octanol–water partition coefficient (Wildman–Crippen LogP) is 11.4. The smallest absolute Gasteiger partial charge is 0.164 e. The van der Waals surface area contributed by atoms with Crippen LogP contribution in [0, 0.1) is 0 Å². The quantitative estimate of drug-likeness (QED) is 0.190. The summed E-state index contributed by atoms with van der Waals surface area (Å²) in [6.45, 7) is 4.65. The van der Waals surface area contributed by atoms with E-state index in [-0.39, 0.29) is 5.41 Å². The molecule has 0 N–H and O–H groups in total. The highest BCUT2D eigenvalue weighted by Gasteiger charge is 2.37. The van der Waals surface area contributed by atoms with Crippen LogP contribution in [0.15, 0.2) is 137 Å². The van der Waals surface area contributed by atoms with Gasteiger partial charge >= 0.3 is 0 Å². The van der Waals surface area contributed by atoms with E-state index in [1.54, 1.807) is 11.3 Å². The molecular weight excluding hydrogens is 621 g/mol. The summed E-state index contributed by atoms with van der Waals surface area (Å²) in [6, 6.07) is 44.0. The third-order valence-electron chi connectivity index (χ3n) is 9.91. The molecule has 3 aromatic heterocycles. The Morgan fingerprint density at radius 1 is 0.571 bits per heavy atom. The molecule has 0 amide bonds. The third kappa shape index (κ3) is 4.24. The van der Waals surface area contributed by atoms with Gasteiger partial charge in [-0.3, -0.25) is 0 Å². The van der Waals surface area contributed by atoms with E-state index in [0.717, 1.165) is 55.3 Å². The zero-order chi connectivity index (χ0) is 32.7. The van der Waals surface area contributed by atoms with Crippen molar-refractivity contribution in [2.75, 3.05) is 0 Å². The summed E-state index contributed by atoms with van der Waals surface area (Å²) in [5.74, 6) is 1.87. The number of rotatable bonds is 4. The van der Waals surface area contributed by atoms with E-state index >= 15 is 0 Å². The average Bonchev–Trinajstić information content (AvgIpc) is 3.85. The number of fused-ring (bicyclic) bond motifs is 8. The highest BCUT2D eigenvalue weighted by Crippen LogP contribution is 2.53. The second kappa shape index (κ2) is 10.5. The Kier molecular flexibility index (Phi) is 6.02. The van der Waals surface area contributed by atoms with E-state index in [1.807, 2.05) is 78.3 Å². The molecule has 5 nitrogen and oxygen atoms in total. The molecule has 6 aromatic carbocycles. The highest BCUT2D eigenvalue weighted by atomic mass is 32.1. The first kappa shape index (κ1) is 28.1. The zero-order valence-electron chi connectivity index (χ0n) is 26.8. The predicted molar refractivity (Wildman–Crippen MR) is 200 cm³/mol. The fourth-order valence-corrected chi connectivity index (χ4v) is 8.33. The molecule has 10 rings (SSSR count). The van der Waals surface area contributed by atoms with E-state index < -0.39 is 0 Å². The molecule has 49 heavy (non-hydrogen) atoms. The number of thiazole rings is 1. The maximum atomic E-state index is 6.73.